The van der Waals surface area contributed by atoms with Crippen molar-refractivity contribution in [3.05, 3.63) is 53.6 Å². The summed E-state index contributed by atoms with van der Waals surface area (Å²) in [6.07, 6.45) is 4.57. The first-order valence-corrected chi connectivity index (χ1v) is 9.31. The minimum atomic E-state index is -0.440. The summed E-state index contributed by atoms with van der Waals surface area (Å²) in [7, 11) is 0. The maximum atomic E-state index is 12.2. The van der Waals surface area contributed by atoms with Crippen LogP contribution >= 0.6 is 0 Å². The molecule has 8 nitrogen and oxygen atoms in total. The molecule has 0 unspecified atom stereocenters. The molecule has 0 bridgehead atoms. The third kappa shape index (κ3) is 5.06. The molecule has 1 aromatic heterocycles. The summed E-state index contributed by atoms with van der Waals surface area (Å²) < 4.78 is 5.66. The molecule has 3 N–H and O–H groups in total. The summed E-state index contributed by atoms with van der Waals surface area (Å²) in [5.41, 5.74) is 6.82. The topological polar surface area (TPSA) is 109 Å². The number of benzene rings is 2. The van der Waals surface area contributed by atoms with Crippen LogP contribution in [0.2, 0.25) is 0 Å². The molecule has 8 heteroatoms. The van der Waals surface area contributed by atoms with Gasteiger partial charge in [0.25, 0.3) is 11.8 Å². The highest BCUT2D eigenvalue weighted by atomic mass is 16.5. The second-order valence-corrected chi connectivity index (χ2v) is 6.37. The maximum Gasteiger partial charge on any atom is 0.269 e. The van der Waals surface area contributed by atoms with Crippen molar-refractivity contribution in [1.29, 1.82) is 0 Å². The Bertz CT molecular complexity index is 936. The van der Waals surface area contributed by atoms with E-state index in [4.69, 9.17) is 4.74 Å². The molecule has 0 fully saturated rings. The minimum absolute atomic E-state index is 0.369. The van der Waals surface area contributed by atoms with Gasteiger partial charge in [-0.25, -0.2) is 0 Å². The van der Waals surface area contributed by atoms with Gasteiger partial charge in [0.15, 0.2) is 0 Å². The highest BCUT2D eigenvalue weighted by molar-refractivity contribution is 6.00. The lowest BCUT2D eigenvalue weighted by Gasteiger charge is -2.09. The summed E-state index contributed by atoms with van der Waals surface area (Å²) >= 11 is 0. The van der Waals surface area contributed by atoms with Crippen molar-refractivity contribution in [2.45, 2.75) is 32.6 Å². The van der Waals surface area contributed by atoms with Crippen molar-refractivity contribution in [3.8, 4) is 5.75 Å². The molecule has 0 spiro atoms. The smallest absolute Gasteiger partial charge is 0.269 e. The molecule has 0 aliphatic heterocycles. The zero-order valence-corrected chi connectivity index (χ0v) is 15.7. The lowest BCUT2D eigenvalue weighted by molar-refractivity contribution is 0.0846. The number of carbonyl (C=O) groups is 2. The van der Waals surface area contributed by atoms with Gasteiger partial charge in [0.05, 0.1) is 6.61 Å². The van der Waals surface area contributed by atoms with Crippen molar-refractivity contribution in [2.24, 2.45) is 0 Å². The Balaban J connectivity index is 1.48. The van der Waals surface area contributed by atoms with Gasteiger partial charge < -0.3 is 4.74 Å². The predicted octanol–water partition coefficient (Wildman–Crippen LogP) is 2.99. The summed E-state index contributed by atoms with van der Waals surface area (Å²) in [4.78, 5) is 24.4. The normalized spacial score (nSPS) is 10.6. The first kappa shape index (κ1) is 19.3. The highest BCUT2D eigenvalue weighted by Gasteiger charge is 2.11. The largest absolute Gasteiger partial charge is 0.494 e. The van der Waals surface area contributed by atoms with E-state index in [0.717, 1.165) is 18.6 Å². The maximum absolute atomic E-state index is 12.2. The number of amides is 2. The van der Waals surface area contributed by atoms with Crippen LogP contribution in [0.4, 0.5) is 0 Å². The Hall–Kier alpha value is -3.42. The molecule has 0 saturated carbocycles. The first-order chi connectivity index (χ1) is 13.7. The molecular weight excluding hydrogens is 358 g/mol. The number of H-pyrrole nitrogens is 1. The summed E-state index contributed by atoms with van der Waals surface area (Å²) in [6, 6.07) is 11.7. The summed E-state index contributed by atoms with van der Waals surface area (Å²) in [5, 5.41) is 10.3. The molecule has 146 valence electrons. The van der Waals surface area contributed by atoms with Crippen LogP contribution in [0.25, 0.3) is 11.0 Å². The monoisotopic (exact) mass is 381 g/mol. The van der Waals surface area contributed by atoms with Gasteiger partial charge in [-0.05, 0) is 48.9 Å². The predicted molar refractivity (Wildman–Crippen MR) is 105 cm³/mol. The number of aromatic amines is 1. The molecule has 0 saturated heterocycles. The Morgan fingerprint density at radius 3 is 2.32 bits per heavy atom. The molecule has 0 aliphatic carbocycles. The molecular formula is C20H23N5O3. The van der Waals surface area contributed by atoms with Crippen molar-refractivity contribution >= 4 is 22.8 Å². The van der Waals surface area contributed by atoms with Crippen LogP contribution in [0.15, 0.2) is 42.5 Å². The Morgan fingerprint density at radius 2 is 1.57 bits per heavy atom. The number of hydrazine groups is 1. The van der Waals surface area contributed by atoms with E-state index in [9.17, 15) is 9.59 Å². The van der Waals surface area contributed by atoms with Gasteiger partial charge in [-0.3, -0.25) is 20.4 Å². The number of rotatable bonds is 8. The molecule has 0 atom stereocenters. The zero-order valence-electron chi connectivity index (χ0n) is 15.7. The Morgan fingerprint density at radius 1 is 0.893 bits per heavy atom. The van der Waals surface area contributed by atoms with Crippen LogP contribution in [-0.2, 0) is 0 Å². The molecule has 3 rings (SSSR count). The van der Waals surface area contributed by atoms with Gasteiger partial charge in [-0.1, -0.05) is 26.2 Å². The lowest BCUT2D eigenvalue weighted by Crippen LogP contribution is -2.41. The van der Waals surface area contributed by atoms with E-state index in [1.807, 2.05) is 0 Å². The van der Waals surface area contributed by atoms with Crippen molar-refractivity contribution in [3.63, 3.8) is 0 Å². The van der Waals surface area contributed by atoms with E-state index >= 15 is 0 Å². The number of aromatic nitrogens is 3. The van der Waals surface area contributed by atoms with Crippen LogP contribution in [-0.4, -0.2) is 33.8 Å². The Labute approximate surface area is 162 Å². The zero-order chi connectivity index (χ0) is 19.8. The van der Waals surface area contributed by atoms with Gasteiger partial charge in [-0.15, -0.1) is 0 Å². The van der Waals surface area contributed by atoms with E-state index in [2.05, 4.69) is 33.2 Å². The fourth-order valence-electron chi connectivity index (χ4n) is 2.66. The van der Waals surface area contributed by atoms with Crippen LogP contribution < -0.4 is 15.6 Å². The van der Waals surface area contributed by atoms with Crippen molar-refractivity contribution in [1.82, 2.24) is 26.3 Å². The fraction of sp³-hybridized carbons (Fsp3) is 0.300. The van der Waals surface area contributed by atoms with Crippen LogP contribution in [0.3, 0.4) is 0 Å². The third-order valence-corrected chi connectivity index (χ3v) is 4.25. The molecule has 28 heavy (non-hydrogen) atoms. The number of unbranched alkanes of at least 4 members (excludes halogenated alkanes) is 3. The number of hydrogen-bond acceptors (Lipinski definition) is 5. The molecule has 1 heterocycles. The molecule has 2 aromatic carbocycles. The van der Waals surface area contributed by atoms with Crippen molar-refractivity contribution < 1.29 is 14.3 Å². The number of fused-ring (bicyclic) bond motifs is 1. The second-order valence-electron chi connectivity index (χ2n) is 6.37. The van der Waals surface area contributed by atoms with Gasteiger partial charge in [0.2, 0.25) is 0 Å². The van der Waals surface area contributed by atoms with E-state index in [1.54, 1.807) is 42.5 Å². The standard InChI is InChI=1S/C20H23N5O3/c1-2-3-4-5-12-28-16-9-6-14(7-10-16)19(26)23-24-20(27)15-8-11-17-18(13-15)22-25-21-17/h6-11,13H,2-5,12H2,1H3,(H,23,26)(H,24,27)(H,21,22,25). The third-order valence-electron chi connectivity index (χ3n) is 4.25. The van der Waals surface area contributed by atoms with Gasteiger partial charge in [0.1, 0.15) is 16.8 Å². The minimum Gasteiger partial charge on any atom is -0.494 e. The van der Waals surface area contributed by atoms with Gasteiger partial charge in [-0.2, -0.15) is 15.4 Å². The number of ether oxygens (including phenoxy) is 1. The van der Waals surface area contributed by atoms with Crippen molar-refractivity contribution in [2.75, 3.05) is 6.61 Å². The fourth-order valence-corrected chi connectivity index (χ4v) is 2.66. The summed E-state index contributed by atoms with van der Waals surface area (Å²) in [6.45, 7) is 2.83. The molecule has 3 aromatic rings. The van der Waals surface area contributed by atoms with E-state index in [0.29, 0.717) is 28.8 Å². The number of nitrogens with one attached hydrogen (secondary N) is 3. The van der Waals surface area contributed by atoms with E-state index in [-0.39, 0.29) is 0 Å². The van der Waals surface area contributed by atoms with Gasteiger partial charge in [0, 0.05) is 11.1 Å². The number of nitrogens with zero attached hydrogens (tertiary/aromatic N) is 2. The Kier molecular flexibility index (Phi) is 6.56. The SMILES string of the molecule is CCCCCCOc1ccc(C(=O)NNC(=O)c2ccc3n[nH]nc3c2)cc1. The van der Waals surface area contributed by atoms with Gasteiger partial charge >= 0.3 is 0 Å². The molecule has 0 aliphatic rings. The van der Waals surface area contributed by atoms with E-state index in [1.165, 1.54) is 12.8 Å². The molecule has 0 radical (unpaired) electrons. The van der Waals surface area contributed by atoms with Crippen LogP contribution in [0.1, 0.15) is 53.3 Å². The number of hydrogen-bond donors (Lipinski definition) is 3. The highest BCUT2D eigenvalue weighted by Crippen LogP contribution is 2.13. The quantitative estimate of drug-likeness (QED) is 0.410. The first-order valence-electron chi connectivity index (χ1n) is 9.31. The van der Waals surface area contributed by atoms with Crippen LogP contribution in [0.5, 0.6) is 5.75 Å². The number of carbonyl (C=O) groups excluding carboxylic acids is 2. The van der Waals surface area contributed by atoms with Crippen LogP contribution in [0, 0.1) is 0 Å². The summed E-state index contributed by atoms with van der Waals surface area (Å²) in [5.74, 6) is -0.131. The second kappa shape index (κ2) is 9.50. The van der Waals surface area contributed by atoms with E-state index < -0.39 is 11.8 Å². The average molecular weight is 381 g/mol. The average Bonchev–Trinajstić information content (AvgIpc) is 3.20. The molecule has 2 amide bonds. The lowest BCUT2D eigenvalue weighted by atomic mass is 10.2.